The van der Waals surface area contributed by atoms with Gasteiger partial charge in [0.2, 0.25) is 5.88 Å². The molecule has 4 heterocycles. The van der Waals surface area contributed by atoms with Gasteiger partial charge in [-0.05, 0) is 25.2 Å². The van der Waals surface area contributed by atoms with Gasteiger partial charge in [0, 0.05) is 62.0 Å². The average Bonchev–Trinajstić information content (AvgIpc) is 3.20. The quantitative estimate of drug-likeness (QED) is 0.687. The van der Waals surface area contributed by atoms with E-state index in [1.807, 2.05) is 25.2 Å². The number of ether oxygens (including phenoxy) is 1. The van der Waals surface area contributed by atoms with Gasteiger partial charge in [-0.3, -0.25) is 9.78 Å². The predicted molar refractivity (Wildman–Crippen MR) is 103 cm³/mol. The lowest BCUT2D eigenvalue weighted by Crippen LogP contribution is -2.47. The molecule has 1 aliphatic heterocycles. The zero-order chi connectivity index (χ0) is 19.5. The summed E-state index contributed by atoms with van der Waals surface area (Å²) >= 11 is 0. The maximum atomic E-state index is 12.9. The first kappa shape index (κ1) is 18.1. The SMILES string of the molecule is COc1ccc(-c2nc(C(=O)N3CCN(C)CC3)oc2-c2cccnc2)cn1. The van der Waals surface area contributed by atoms with Gasteiger partial charge < -0.3 is 19.0 Å². The number of rotatable bonds is 4. The van der Waals surface area contributed by atoms with Crippen molar-refractivity contribution in [3.8, 4) is 28.5 Å². The molecule has 28 heavy (non-hydrogen) atoms. The van der Waals surface area contributed by atoms with E-state index in [0.29, 0.717) is 30.4 Å². The Morgan fingerprint density at radius 2 is 1.93 bits per heavy atom. The van der Waals surface area contributed by atoms with Crippen LogP contribution in [-0.2, 0) is 0 Å². The molecule has 0 spiro atoms. The Bertz CT molecular complexity index is 948. The van der Waals surface area contributed by atoms with Crippen molar-refractivity contribution in [2.24, 2.45) is 0 Å². The van der Waals surface area contributed by atoms with Crippen molar-refractivity contribution in [1.82, 2.24) is 24.8 Å². The van der Waals surface area contributed by atoms with Crippen LogP contribution >= 0.6 is 0 Å². The van der Waals surface area contributed by atoms with E-state index in [4.69, 9.17) is 9.15 Å². The lowest BCUT2D eigenvalue weighted by atomic mass is 10.1. The molecule has 144 valence electrons. The molecule has 0 aliphatic carbocycles. The number of likely N-dealkylation sites (N-methyl/N-ethyl adjacent to an activating group) is 1. The van der Waals surface area contributed by atoms with Crippen LogP contribution in [0.2, 0.25) is 0 Å². The van der Waals surface area contributed by atoms with Crippen LogP contribution in [0.3, 0.4) is 0 Å². The molecule has 4 rings (SSSR count). The van der Waals surface area contributed by atoms with E-state index in [2.05, 4.69) is 19.9 Å². The van der Waals surface area contributed by atoms with E-state index >= 15 is 0 Å². The molecule has 3 aromatic heterocycles. The molecule has 1 amide bonds. The van der Waals surface area contributed by atoms with E-state index in [0.717, 1.165) is 24.2 Å². The zero-order valence-corrected chi connectivity index (χ0v) is 15.8. The summed E-state index contributed by atoms with van der Waals surface area (Å²) in [5.41, 5.74) is 2.04. The summed E-state index contributed by atoms with van der Waals surface area (Å²) in [5, 5.41) is 0. The van der Waals surface area contributed by atoms with Crippen molar-refractivity contribution in [2.75, 3.05) is 40.3 Å². The van der Waals surface area contributed by atoms with Crippen LogP contribution in [0.4, 0.5) is 0 Å². The lowest BCUT2D eigenvalue weighted by Gasteiger charge is -2.31. The van der Waals surface area contributed by atoms with Crippen LogP contribution < -0.4 is 4.74 Å². The molecule has 0 radical (unpaired) electrons. The third-order valence-electron chi connectivity index (χ3n) is 4.74. The van der Waals surface area contributed by atoms with E-state index in [1.54, 1.807) is 36.7 Å². The topological polar surface area (TPSA) is 84.6 Å². The highest BCUT2D eigenvalue weighted by Gasteiger charge is 2.27. The molecule has 1 fully saturated rings. The van der Waals surface area contributed by atoms with Gasteiger partial charge in [-0.15, -0.1) is 0 Å². The Kier molecular flexibility index (Phi) is 5.03. The standard InChI is InChI=1S/C20H21N5O3/c1-24-8-10-25(11-9-24)20(26)19-23-17(14-5-6-16(27-2)22-13-14)18(28-19)15-4-3-7-21-12-15/h3-7,12-13H,8-11H2,1-2H3. The molecule has 0 aromatic carbocycles. The molecule has 0 N–H and O–H groups in total. The Labute approximate surface area is 162 Å². The maximum Gasteiger partial charge on any atom is 0.309 e. The summed E-state index contributed by atoms with van der Waals surface area (Å²) in [4.78, 5) is 29.8. The van der Waals surface area contributed by atoms with Gasteiger partial charge in [-0.1, -0.05) is 0 Å². The van der Waals surface area contributed by atoms with E-state index in [1.165, 1.54) is 0 Å². The summed E-state index contributed by atoms with van der Waals surface area (Å²) in [6, 6.07) is 7.28. The minimum atomic E-state index is -0.203. The molecule has 0 atom stereocenters. The summed E-state index contributed by atoms with van der Waals surface area (Å²) in [5.74, 6) is 0.877. The number of nitrogens with zero attached hydrogens (tertiary/aromatic N) is 5. The van der Waals surface area contributed by atoms with Crippen LogP contribution in [0.5, 0.6) is 5.88 Å². The molecule has 8 nitrogen and oxygen atoms in total. The monoisotopic (exact) mass is 379 g/mol. The normalized spacial score (nSPS) is 14.9. The van der Waals surface area contributed by atoms with Crippen molar-refractivity contribution in [3.63, 3.8) is 0 Å². The number of amides is 1. The third kappa shape index (κ3) is 3.59. The van der Waals surface area contributed by atoms with Crippen molar-refractivity contribution in [2.45, 2.75) is 0 Å². The van der Waals surface area contributed by atoms with E-state index in [9.17, 15) is 4.79 Å². The van der Waals surface area contributed by atoms with Crippen LogP contribution in [0, 0.1) is 0 Å². The number of carbonyl (C=O) groups is 1. The first-order valence-electron chi connectivity index (χ1n) is 9.05. The first-order chi connectivity index (χ1) is 13.7. The molecule has 0 saturated carbocycles. The average molecular weight is 379 g/mol. The number of hydrogen-bond acceptors (Lipinski definition) is 7. The highest BCUT2D eigenvalue weighted by Crippen LogP contribution is 2.33. The van der Waals surface area contributed by atoms with Gasteiger partial charge in [0.15, 0.2) is 5.76 Å². The molecular weight excluding hydrogens is 358 g/mol. The molecule has 3 aromatic rings. The van der Waals surface area contributed by atoms with E-state index < -0.39 is 0 Å². The fourth-order valence-electron chi connectivity index (χ4n) is 3.09. The van der Waals surface area contributed by atoms with Gasteiger partial charge in [-0.25, -0.2) is 9.97 Å². The number of methoxy groups -OCH3 is 1. The van der Waals surface area contributed by atoms with Gasteiger partial charge >= 0.3 is 5.91 Å². The molecule has 0 unspecified atom stereocenters. The second-order valence-electron chi connectivity index (χ2n) is 6.62. The van der Waals surface area contributed by atoms with Gasteiger partial charge in [0.05, 0.1) is 7.11 Å². The van der Waals surface area contributed by atoms with Crippen LogP contribution in [0.25, 0.3) is 22.6 Å². The van der Waals surface area contributed by atoms with Gasteiger partial charge in [-0.2, -0.15) is 0 Å². The minimum absolute atomic E-state index is 0.0780. The second-order valence-corrected chi connectivity index (χ2v) is 6.62. The van der Waals surface area contributed by atoms with Crippen molar-refractivity contribution in [1.29, 1.82) is 0 Å². The summed E-state index contributed by atoms with van der Waals surface area (Å²) < 4.78 is 11.1. The van der Waals surface area contributed by atoms with Gasteiger partial charge in [0.25, 0.3) is 5.89 Å². The molecule has 0 bridgehead atoms. The first-order valence-corrected chi connectivity index (χ1v) is 9.05. The Balaban J connectivity index is 1.72. The number of hydrogen-bond donors (Lipinski definition) is 0. The largest absolute Gasteiger partial charge is 0.481 e. The molecule has 8 heteroatoms. The summed E-state index contributed by atoms with van der Waals surface area (Å²) in [6.45, 7) is 2.97. The number of aromatic nitrogens is 3. The highest BCUT2D eigenvalue weighted by molar-refractivity contribution is 5.92. The minimum Gasteiger partial charge on any atom is -0.481 e. The molecule has 1 aliphatic rings. The fourth-order valence-corrected chi connectivity index (χ4v) is 3.09. The third-order valence-corrected chi connectivity index (χ3v) is 4.74. The van der Waals surface area contributed by atoms with Gasteiger partial charge in [0.1, 0.15) is 5.69 Å². The van der Waals surface area contributed by atoms with Crippen molar-refractivity contribution >= 4 is 5.91 Å². The van der Waals surface area contributed by atoms with E-state index in [-0.39, 0.29) is 11.8 Å². The Morgan fingerprint density at radius 3 is 2.57 bits per heavy atom. The summed E-state index contributed by atoms with van der Waals surface area (Å²) in [6.07, 6.45) is 5.02. The maximum absolute atomic E-state index is 12.9. The Hall–Kier alpha value is -3.26. The van der Waals surface area contributed by atoms with Crippen LogP contribution in [0.1, 0.15) is 10.7 Å². The second kappa shape index (κ2) is 7.77. The molecule has 1 saturated heterocycles. The highest BCUT2D eigenvalue weighted by atomic mass is 16.5. The number of carbonyl (C=O) groups excluding carboxylic acids is 1. The zero-order valence-electron chi connectivity index (χ0n) is 15.8. The summed E-state index contributed by atoms with van der Waals surface area (Å²) in [7, 11) is 3.61. The smallest absolute Gasteiger partial charge is 0.309 e. The number of oxazole rings is 1. The van der Waals surface area contributed by atoms with Crippen molar-refractivity contribution < 1.29 is 13.9 Å². The lowest BCUT2D eigenvalue weighted by molar-refractivity contribution is 0.0625. The predicted octanol–water partition coefficient (Wildman–Crippen LogP) is 2.19. The fraction of sp³-hybridized carbons (Fsp3) is 0.300. The Morgan fingerprint density at radius 1 is 1.11 bits per heavy atom. The van der Waals surface area contributed by atoms with Crippen molar-refractivity contribution in [3.05, 3.63) is 48.7 Å². The number of pyridine rings is 2. The molecular formula is C20H21N5O3. The van der Waals surface area contributed by atoms with Crippen LogP contribution in [-0.4, -0.2) is 71.0 Å². The van der Waals surface area contributed by atoms with Crippen LogP contribution in [0.15, 0.2) is 47.3 Å². The number of piperazine rings is 1.